The summed E-state index contributed by atoms with van der Waals surface area (Å²) in [6.07, 6.45) is 2.65. The summed E-state index contributed by atoms with van der Waals surface area (Å²) in [6.45, 7) is 7.64. The molecule has 1 N–H and O–H groups in total. The fraction of sp³-hybridized carbons (Fsp3) is 0.909. The lowest BCUT2D eigenvalue weighted by Gasteiger charge is -2.38. The van der Waals surface area contributed by atoms with Crippen molar-refractivity contribution in [1.29, 1.82) is 0 Å². The van der Waals surface area contributed by atoms with Crippen LogP contribution >= 0.6 is 0 Å². The Labute approximate surface area is 80.3 Å². The van der Waals surface area contributed by atoms with Gasteiger partial charge in [0.2, 0.25) is 0 Å². The van der Waals surface area contributed by atoms with Crippen molar-refractivity contribution >= 4 is 5.78 Å². The Morgan fingerprint density at radius 3 is 2.31 bits per heavy atom. The minimum atomic E-state index is -1.08. The molecular formula is C11H20O2. The molecule has 0 heterocycles. The molecule has 2 nitrogen and oxygen atoms in total. The zero-order valence-corrected chi connectivity index (χ0v) is 9.05. The third-order valence-corrected chi connectivity index (χ3v) is 4.02. The van der Waals surface area contributed by atoms with E-state index in [9.17, 15) is 9.90 Å². The molecule has 1 aliphatic rings. The van der Waals surface area contributed by atoms with Crippen LogP contribution in [0.1, 0.15) is 47.0 Å². The van der Waals surface area contributed by atoms with Gasteiger partial charge in [0.25, 0.3) is 0 Å². The van der Waals surface area contributed by atoms with Crippen LogP contribution in [0.2, 0.25) is 0 Å². The zero-order chi connectivity index (χ0) is 10.3. The fourth-order valence-corrected chi connectivity index (χ4v) is 2.75. The lowest BCUT2D eigenvalue weighted by molar-refractivity contribution is -0.146. The lowest BCUT2D eigenvalue weighted by atomic mass is 9.70. The van der Waals surface area contributed by atoms with Crippen LogP contribution in [-0.4, -0.2) is 16.5 Å². The van der Waals surface area contributed by atoms with Crippen molar-refractivity contribution in [3.8, 4) is 0 Å². The van der Waals surface area contributed by atoms with E-state index in [1.54, 1.807) is 0 Å². The Balaban J connectivity index is 2.99. The van der Waals surface area contributed by atoms with Gasteiger partial charge in [0.15, 0.2) is 5.78 Å². The van der Waals surface area contributed by atoms with E-state index in [-0.39, 0.29) is 11.2 Å². The van der Waals surface area contributed by atoms with E-state index in [4.69, 9.17) is 0 Å². The lowest BCUT2D eigenvalue weighted by Crippen LogP contribution is -2.48. The predicted molar refractivity (Wildman–Crippen MR) is 52.4 cm³/mol. The average molecular weight is 184 g/mol. The first-order valence-electron chi connectivity index (χ1n) is 5.09. The molecule has 76 valence electrons. The first-order chi connectivity index (χ1) is 5.86. The molecule has 2 heteroatoms. The Morgan fingerprint density at radius 2 is 2.08 bits per heavy atom. The highest BCUT2D eigenvalue weighted by Gasteiger charge is 2.55. The molecule has 0 bridgehead atoms. The van der Waals surface area contributed by atoms with E-state index in [0.717, 1.165) is 12.8 Å². The number of Topliss-reactive ketones (excluding diaryl/α,β-unsaturated/α-hetero) is 1. The van der Waals surface area contributed by atoms with Crippen molar-refractivity contribution in [2.24, 2.45) is 11.3 Å². The van der Waals surface area contributed by atoms with Crippen molar-refractivity contribution in [2.75, 3.05) is 0 Å². The van der Waals surface area contributed by atoms with Crippen molar-refractivity contribution < 1.29 is 9.90 Å². The van der Waals surface area contributed by atoms with Crippen LogP contribution in [0.25, 0.3) is 0 Å². The van der Waals surface area contributed by atoms with Crippen LogP contribution < -0.4 is 0 Å². The average Bonchev–Trinajstić information content (AvgIpc) is 2.25. The molecule has 0 aromatic carbocycles. The van der Waals surface area contributed by atoms with Gasteiger partial charge in [-0.3, -0.25) is 4.79 Å². The summed E-state index contributed by atoms with van der Waals surface area (Å²) in [7, 11) is 0. The molecule has 0 aromatic rings. The van der Waals surface area contributed by atoms with E-state index < -0.39 is 5.60 Å². The number of hydrogen-bond donors (Lipinski definition) is 1. The Hall–Kier alpha value is -0.370. The van der Waals surface area contributed by atoms with Crippen LogP contribution in [0.3, 0.4) is 0 Å². The number of ketones is 1. The third kappa shape index (κ3) is 1.32. The Kier molecular flexibility index (Phi) is 2.54. The first-order valence-corrected chi connectivity index (χ1v) is 5.09. The summed E-state index contributed by atoms with van der Waals surface area (Å²) >= 11 is 0. The number of aliphatic hydroxyl groups is 1. The van der Waals surface area contributed by atoms with Gasteiger partial charge in [-0.1, -0.05) is 27.2 Å². The number of rotatable bonds is 2. The van der Waals surface area contributed by atoms with Crippen molar-refractivity contribution in [2.45, 2.75) is 52.6 Å². The fourth-order valence-electron chi connectivity index (χ4n) is 2.75. The summed E-state index contributed by atoms with van der Waals surface area (Å²) in [5, 5.41) is 10.2. The van der Waals surface area contributed by atoms with Gasteiger partial charge in [-0.05, 0) is 25.7 Å². The van der Waals surface area contributed by atoms with Crippen LogP contribution in [0.5, 0.6) is 0 Å². The Morgan fingerprint density at radius 1 is 1.54 bits per heavy atom. The maximum absolute atomic E-state index is 11.4. The van der Waals surface area contributed by atoms with Crippen LogP contribution in [0.15, 0.2) is 0 Å². The van der Waals surface area contributed by atoms with Gasteiger partial charge in [0.05, 0.1) is 0 Å². The minimum absolute atomic E-state index is 0.0755. The van der Waals surface area contributed by atoms with Crippen LogP contribution in [-0.2, 0) is 4.79 Å². The SMILES string of the molecule is CCC1CCC(O)(C(C)=O)C1(C)C. The second-order valence-corrected chi connectivity index (χ2v) is 4.78. The molecule has 0 amide bonds. The normalized spacial score (nSPS) is 37.8. The zero-order valence-electron chi connectivity index (χ0n) is 9.05. The van der Waals surface area contributed by atoms with E-state index in [1.807, 2.05) is 13.8 Å². The molecule has 1 fully saturated rings. The molecule has 1 saturated carbocycles. The molecular weight excluding hydrogens is 164 g/mol. The first kappa shape index (κ1) is 10.7. The van der Waals surface area contributed by atoms with Crippen molar-refractivity contribution in [1.82, 2.24) is 0 Å². The summed E-state index contributed by atoms with van der Waals surface area (Å²) in [5.41, 5.74) is -1.33. The summed E-state index contributed by atoms with van der Waals surface area (Å²) < 4.78 is 0. The number of hydrogen-bond acceptors (Lipinski definition) is 2. The summed E-state index contributed by atoms with van der Waals surface area (Å²) in [6, 6.07) is 0. The van der Waals surface area contributed by atoms with E-state index in [0.29, 0.717) is 12.3 Å². The van der Waals surface area contributed by atoms with Gasteiger partial charge in [0, 0.05) is 5.41 Å². The molecule has 0 aromatic heterocycles. The number of carbonyl (C=O) groups excluding carboxylic acids is 1. The second kappa shape index (κ2) is 3.09. The van der Waals surface area contributed by atoms with Gasteiger partial charge < -0.3 is 5.11 Å². The molecule has 0 radical (unpaired) electrons. The molecule has 1 rings (SSSR count). The van der Waals surface area contributed by atoms with Crippen molar-refractivity contribution in [3.05, 3.63) is 0 Å². The number of carbonyl (C=O) groups is 1. The molecule has 13 heavy (non-hydrogen) atoms. The highest BCUT2D eigenvalue weighted by Crippen LogP contribution is 2.51. The van der Waals surface area contributed by atoms with Gasteiger partial charge in [0.1, 0.15) is 5.60 Å². The monoisotopic (exact) mass is 184 g/mol. The maximum atomic E-state index is 11.4. The molecule has 1 aliphatic carbocycles. The third-order valence-electron chi connectivity index (χ3n) is 4.02. The Bertz CT molecular complexity index is 220. The summed E-state index contributed by atoms with van der Waals surface area (Å²) in [5.74, 6) is 0.398. The van der Waals surface area contributed by atoms with E-state index in [1.165, 1.54) is 6.92 Å². The van der Waals surface area contributed by atoms with Crippen molar-refractivity contribution in [3.63, 3.8) is 0 Å². The predicted octanol–water partition coefficient (Wildman–Crippen LogP) is 2.15. The quantitative estimate of drug-likeness (QED) is 0.714. The molecule has 2 unspecified atom stereocenters. The maximum Gasteiger partial charge on any atom is 0.161 e. The topological polar surface area (TPSA) is 37.3 Å². The molecule has 2 atom stereocenters. The van der Waals surface area contributed by atoms with Gasteiger partial charge in [-0.15, -0.1) is 0 Å². The van der Waals surface area contributed by atoms with E-state index >= 15 is 0 Å². The van der Waals surface area contributed by atoms with Gasteiger partial charge in [-0.25, -0.2) is 0 Å². The molecule has 0 aliphatic heterocycles. The van der Waals surface area contributed by atoms with Gasteiger partial charge >= 0.3 is 0 Å². The molecule has 0 spiro atoms. The standard InChI is InChI=1S/C11H20O2/c1-5-9-6-7-11(13,8(2)12)10(9,3)4/h9,13H,5-7H2,1-4H3. The highest BCUT2D eigenvalue weighted by atomic mass is 16.3. The minimum Gasteiger partial charge on any atom is -0.382 e. The van der Waals surface area contributed by atoms with Crippen LogP contribution in [0, 0.1) is 11.3 Å². The largest absolute Gasteiger partial charge is 0.382 e. The van der Waals surface area contributed by atoms with Crippen LogP contribution in [0.4, 0.5) is 0 Å². The highest BCUT2D eigenvalue weighted by molar-refractivity contribution is 5.86. The van der Waals surface area contributed by atoms with Gasteiger partial charge in [-0.2, -0.15) is 0 Å². The molecule has 0 saturated heterocycles. The van der Waals surface area contributed by atoms with E-state index in [2.05, 4.69) is 6.92 Å². The smallest absolute Gasteiger partial charge is 0.161 e. The summed E-state index contributed by atoms with van der Waals surface area (Å²) in [4.78, 5) is 11.4. The second-order valence-electron chi connectivity index (χ2n) is 4.78.